The summed E-state index contributed by atoms with van der Waals surface area (Å²) in [4.78, 5) is 15.1. The molecule has 2 rings (SSSR count). The third kappa shape index (κ3) is 4.91. The molecule has 0 bridgehead atoms. The van der Waals surface area contributed by atoms with Gasteiger partial charge in [-0.25, -0.2) is 4.48 Å². The Hall–Kier alpha value is -2.28. The van der Waals surface area contributed by atoms with Gasteiger partial charge in [0.25, 0.3) is 0 Å². The molecule has 8 nitrogen and oxygen atoms in total. The van der Waals surface area contributed by atoms with Crippen molar-refractivity contribution in [3.05, 3.63) is 40.8 Å². The van der Waals surface area contributed by atoms with Crippen LogP contribution in [0.4, 0.5) is 4.79 Å². The summed E-state index contributed by atoms with van der Waals surface area (Å²) < 4.78 is 11.3. The Morgan fingerprint density at radius 2 is 2.04 bits per heavy atom. The van der Waals surface area contributed by atoms with Crippen molar-refractivity contribution in [2.24, 2.45) is 5.11 Å². The molecule has 148 valence electrons. The summed E-state index contributed by atoms with van der Waals surface area (Å²) in [5.41, 5.74) is 8.22. The number of ether oxygens (including phenoxy) is 2. The van der Waals surface area contributed by atoms with Crippen molar-refractivity contribution in [3.8, 4) is 5.75 Å². The van der Waals surface area contributed by atoms with Crippen molar-refractivity contribution in [1.82, 2.24) is 0 Å². The molecule has 1 aliphatic heterocycles. The summed E-state index contributed by atoms with van der Waals surface area (Å²) in [5.74, 6) is 0.819. The summed E-state index contributed by atoms with van der Waals surface area (Å²) in [7, 11) is 0. The fourth-order valence-corrected chi connectivity index (χ4v) is 3.83. The molecule has 0 spiro atoms. The maximum Gasteiger partial charge on any atom is 0.514 e. The van der Waals surface area contributed by atoms with E-state index in [0.29, 0.717) is 32.7 Å². The smallest absolute Gasteiger partial charge is 0.494 e. The third-order valence-corrected chi connectivity index (χ3v) is 5.17. The number of hydrogen-bond donors (Lipinski definition) is 1. The van der Waals surface area contributed by atoms with Crippen LogP contribution in [0.5, 0.6) is 5.75 Å². The lowest BCUT2D eigenvalue weighted by molar-refractivity contribution is -0.915. The molecule has 0 radical (unpaired) electrons. The third-order valence-electron chi connectivity index (χ3n) is 5.17. The number of para-hydroxylation sites is 1. The normalized spacial score (nSPS) is 25.0. The van der Waals surface area contributed by atoms with Gasteiger partial charge in [0.05, 0.1) is 32.4 Å². The van der Waals surface area contributed by atoms with Crippen LogP contribution in [0.15, 0.2) is 35.4 Å². The van der Waals surface area contributed by atoms with Gasteiger partial charge in [0.2, 0.25) is 0 Å². The largest absolute Gasteiger partial charge is 0.514 e. The zero-order chi connectivity index (χ0) is 19.9. The highest BCUT2D eigenvalue weighted by molar-refractivity contribution is 5.58. The van der Waals surface area contributed by atoms with Crippen LogP contribution in [-0.4, -0.2) is 59.7 Å². The summed E-state index contributed by atoms with van der Waals surface area (Å²) >= 11 is 0. The number of likely N-dealkylation sites (tertiary alicyclic amines) is 1. The molecule has 0 aliphatic carbocycles. The Morgan fingerprint density at radius 1 is 1.33 bits per heavy atom. The van der Waals surface area contributed by atoms with Crippen LogP contribution < -0.4 is 4.74 Å². The second-order valence-electron chi connectivity index (χ2n) is 7.84. The van der Waals surface area contributed by atoms with E-state index in [2.05, 4.69) is 10.0 Å². The fraction of sp³-hybridized carbons (Fsp3) is 0.632. The molecule has 1 unspecified atom stereocenters. The van der Waals surface area contributed by atoms with E-state index in [1.807, 2.05) is 51.1 Å². The van der Waals surface area contributed by atoms with Gasteiger partial charge >= 0.3 is 6.09 Å². The average Bonchev–Trinajstić information content (AvgIpc) is 2.99. The van der Waals surface area contributed by atoms with Crippen LogP contribution in [-0.2, 0) is 4.74 Å². The lowest BCUT2D eigenvalue weighted by Crippen LogP contribution is -2.67. The second-order valence-corrected chi connectivity index (χ2v) is 7.84. The van der Waals surface area contributed by atoms with Crippen LogP contribution in [0, 0.1) is 0 Å². The number of quaternary nitrogens is 1. The molecule has 1 aliphatic rings. The van der Waals surface area contributed by atoms with Crippen LogP contribution >= 0.6 is 0 Å². The average molecular weight is 377 g/mol. The van der Waals surface area contributed by atoms with E-state index in [0.717, 1.165) is 5.75 Å². The van der Waals surface area contributed by atoms with Gasteiger partial charge in [0, 0.05) is 17.8 Å². The molecular weight excluding hydrogens is 348 g/mol. The number of carbonyl (C=O) groups is 1. The first kappa shape index (κ1) is 21.0. The molecule has 1 amide bonds. The Balaban J connectivity index is 1.90. The van der Waals surface area contributed by atoms with Gasteiger partial charge in [0.15, 0.2) is 0 Å². The van der Waals surface area contributed by atoms with Gasteiger partial charge in [-0.3, -0.25) is 0 Å². The van der Waals surface area contributed by atoms with E-state index < -0.39 is 11.6 Å². The number of benzene rings is 1. The molecule has 0 aromatic heterocycles. The summed E-state index contributed by atoms with van der Waals surface area (Å²) in [6.07, 6.45) is 0.317. The lowest BCUT2D eigenvalue weighted by Gasteiger charge is -2.44. The molecule has 0 saturated carbocycles. The maximum absolute atomic E-state index is 12.2. The zero-order valence-corrected chi connectivity index (χ0v) is 16.2. The predicted molar refractivity (Wildman–Crippen MR) is 102 cm³/mol. The SMILES string of the molecule is CC(C)(C)[N+]1(C(=O)O)C[C@H](N=[N+]=[N-])C[C@@H]1COCCCOc1ccccc1. The number of carboxylic acid groups (broad SMARTS) is 1. The number of azide groups is 1. The highest BCUT2D eigenvalue weighted by atomic mass is 16.5. The Labute approximate surface area is 159 Å². The van der Waals surface area contributed by atoms with Crippen molar-refractivity contribution in [2.45, 2.75) is 51.2 Å². The van der Waals surface area contributed by atoms with Gasteiger partial charge in [-0.15, -0.1) is 0 Å². The van der Waals surface area contributed by atoms with Gasteiger partial charge < -0.3 is 14.6 Å². The number of hydrogen-bond acceptors (Lipinski definition) is 4. The van der Waals surface area contributed by atoms with E-state index in [-0.39, 0.29) is 23.1 Å². The highest BCUT2D eigenvalue weighted by Gasteiger charge is 2.59. The van der Waals surface area contributed by atoms with Gasteiger partial charge in [-0.1, -0.05) is 23.3 Å². The van der Waals surface area contributed by atoms with Crippen LogP contribution in [0.25, 0.3) is 10.4 Å². The number of amides is 1. The monoisotopic (exact) mass is 377 g/mol. The quantitative estimate of drug-likeness (QED) is 0.241. The van der Waals surface area contributed by atoms with E-state index in [1.165, 1.54) is 0 Å². The van der Waals surface area contributed by atoms with E-state index in [9.17, 15) is 9.90 Å². The molecule has 27 heavy (non-hydrogen) atoms. The molecule has 1 N–H and O–H groups in total. The molecular formula is C19H29N4O4+. The molecule has 1 aromatic rings. The summed E-state index contributed by atoms with van der Waals surface area (Å²) in [6.45, 7) is 7.33. The Kier molecular flexibility index (Phi) is 7.07. The fourth-order valence-electron chi connectivity index (χ4n) is 3.83. The van der Waals surface area contributed by atoms with Gasteiger partial charge in [-0.05, 0) is 38.4 Å². The van der Waals surface area contributed by atoms with Crippen LogP contribution in [0.3, 0.4) is 0 Å². The van der Waals surface area contributed by atoms with Crippen molar-refractivity contribution >= 4 is 6.09 Å². The number of rotatable bonds is 8. The second kappa shape index (κ2) is 9.08. The standard InChI is InChI=1S/C19H28N4O4/c1-19(2,3)23(18(24)25)13-15(21-22-20)12-16(23)14-26-10-7-11-27-17-8-5-4-6-9-17/h4-6,8-9,15-16H,7,10-14H2,1-3H3/p+1/t15-,16-,23?/m1/s1. The molecule has 8 heteroatoms. The minimum absolute atomic E-state index is 0.156. The van der Waals surface area contributed by atoms with E-state index in [1.54, 1.807) is 0 Å². The first-order valence-corrected chi connectivity index (χ1v) is 9.22. The van der Waals surface area contributed by atoms with Crippen LogP contribution in [0.1, 0.15) is 33.6 Å². The van der Waals surface area contributed by atoms with Crippen LogP contribution in [0.2, 0.25) is 0 Å². The lowest BCUT2D eigenvalue weighted by atomic mass is 10.00. The van der Waals surface area contributed by atoms with Crippen molar-refractivity contribution in [2.75, 3.05) is 26.4 Å². The van der Waals surface area contributed by atoms with Gasteiger partial charge in [-0.2, -0.15) is 4.79 Å². The predicted octanol–water partition coefficient (Wildman–Crippen LogP) is 4.22. The Morgan fingerprint density at radius 3 is 2.63 bits per heavy atom. The highest BCUT2D eigenvalue weighted by Crippen LogP contribution is 2.38. The van der Waals surface area contributed by atoms with Crippen molar-refractivity contribution in [1.29, 1.82) is 0 Å². The summed E-state index contributed by atoms with van der Waals surface area (Å²) in [5, 5.41) is 13.8. The van der Waals surface area contributed by atoms with E-state index >= 15 is 0 Å². The molecule has 1 aromatic carbocycles. The summed E-state index contributed by atoms with van der Waals surface area (Å²) in [6, 6.07) is 8.98. The minimum Gasteiger partial charge on any atom is -0.494 e. The zero-order valence-electron chi connectivity index (χ0n) is 16.2. The molecule has 1 heterocycles. The molecule has 1 fully saturated rings. The Bertz CT molecular complexity index is 670. The van der Waals surface area contributed by atoms with Crippen molar-refractivity contribution in [3.63, 3.8) is 0 Å². The molecule has 3 atom stereocenters. The number of nitrogens with zero attached hydrogens (tertiary/aromatic N) is 4. The first-order chi connectivity index (χ1) is 12.8. The van der Waals surface area contributed by atoms with Crippen molar-refractivity contribution < 1.29 is 23.9 Å². The first-order valence-electron chi connectivity index (χ1n) is 9.22. The van der Waals surface area contributed by atoms with E-state index in [4.69, 9.17) is 15.0 Å². The minimum atomic E-state index is -0.904. The molecule has 1 saturated heterocycles. The maximum atomic E-state index is 12.2. The van der Waals surface area contributed by atoms with Gasteiger partial charge in [0.1, 0.15) is 17.3 Å². The topological polar surface area (TPSA) is 105 Å².